The van der Waals surface area contributed by atoms with Crippen LogP contribution in [0.15, 0.2) is 66.7 Å². The molecule has 0 saturated carbocycles. The summed E-state index contributed by atoms with van der Waals surface area (Å²) in [5.74, 6) is -8.36. The predicted molar refractivity (Wildman–Crippen MR) is 426 cm³/mol. The van der Waals surface area contributed by atoms with Gasteiger partial charge in [0.2, 0.25) is 47.3 Å². The molecule has 4 aliphatic rings. The quantitative estimate of drug-likeness (QED) is 0.0291. The van der Waals surface area contributed by atoms with E-state index in [9.17, 15) is 82.8 Å². The zero-order valence-electron chi connectivity index (χ0n) is 69.4. The minimum atomic E-state index is -1.87. The Morgan fingerprint density at radius 1 is 0.612 bits per heavy atom. The van der Waals surface area contributed by atoms with Crippen LogP contribution in [-0.4, -0.2) is 295 Å². The van der Waals surface area contributed by atoms with E-state index in [1.54, 1.807) is 61.9 Å². The average molecular weight is 1630 g/mol. The third kappa shape index (κ3) is 27.0. The number of hydrogen-bond donors (Lipinski definition) is 14. The fourth-order valence-corrected chi connectivity index (χ4v) is 15.3. The predicted octanol–water partition coefficient (Wildman–Crippen LogP) is -0.571. The van der Waals surface area contributed by atoms with Gasteiger partial charge in [-0.3, -0.25) is 67.3 Å². The van der Waals surface area contributed by atoms with E-state index >= 15 is 0 Å². The number of unbranched alkanes of at least 4 members (excludes halogenated alkanes) is 2. The number of methoxy groups -OCH3 is 2. The first-order valence-corrected chi connectivity index (χ1v) is 40.3. The molecule has 0 spiro atoms. The van der Waals surface area contributed by atoms with Crippen molar-refractivity contribution in [1.82, 2.24) is 62.1 Å². The second-order valence-corrected chi connectivity index (χ2v) is 31.8. The van der Waals surface area contributed by atoms with Crippen molar-refractivity contribution in [2.75, 3.05) is 79.9 Å². The van der Waals surface area contributed by atoms with E-state index in [4.69, 9.17) is 24.7 Å². The van der Waals surface area contributed by atoms with E-state index in [2.05, 4.69) is 47.9 Å². The molecule has 35 heteroatoms. The maximum absolute atomic E-state index is 14.7. The first kappa shape index (κ1) is 95.8. The number of urea groups is 1. The lowest BCUT2D eigenvalue weighted by atomic mass is 9.89. The topological polar surface area (TPSA) is 487 Å². The normalized spacial score (nSPS) is 22.6. The number of likely N-dealkylation sites (tertiary alicyclic amines) is 1. The van der Waals surface area contributed by atoms with E-state index < -0.39 is 181 Å². The number of likely N-dealkylation sites (N-methyl/N-ethyl adjacent to an activating group) is 2. The van der Waals surface area contributed by atoms with E-state index in [1.165, 1.54) is 26.4 Å². The molecule has 6 rings (SSSR count). The molecule has 35 nitrogen and oxygen atoms in total. The molecule has 646 valence electrons. The highest BCUT2D eigenvalue weighted by Gasteiger charge is 2.51. The van der Waals surface area contributed by atoms with Gasteiger partial charge >= 0.3 is 6.03 Å². The number of anilines is 1. The maximum atomic E-state index is 14.7. The van der Waals surface area contributed by atoms with Crippen molar-refractivity contribution in [3.8, 4) is 0 Å². The summed E-state index contributed by atoms with van der Waals surface area (Å²) in [6.45, 7) is 16.5. The van der Waals surface area contributed by atoms with E-state index in [1.807, 2.05) is 90.9 Å². The molecule has 0 bridgehead atoms. The number of ether oxygens (including phenoxy) is 4. The van der Waals surface area contributed by atoms with Gasteiger partial charge in [0.1, 0.15) is 60.8 Å². The minimum Gasteiger partial charge on any atom is -0.388 e. The van der Waals surface area contributed by atoms with Gasteiger partial charge in [-0.2, -0.15) is 0 Å². The third-order valence-corrected chi connectivity index (χ3v) is 22.0. The first-order chi connectivity index (χ1) is 54.9. The van der Waals surface area contributed by atoms with Gasteiger partial charge in [-0.25, -0.2) is 4.79 Å². The van der Waals surface area contributed by atoms with Crippen LogP contribution in [0.25, 0.3) is 0 Å². The Labute approximate surface area is 679 Å². The molecule has 0 aliphatic carbocycles. The Kier molecular flexibility index (Phi) is 38.1. The largest absolute Gasteiger partial charge is 0.388 e. The second kappa shape index (κ2) is 46.2. The lowest BCUT2D eigenvalue weighted by molar-refractivity contribution is -0.148. The summed E-state index contributed by atoms with van der Waals surface area (Å²) in [4.78, 5) is 181. The lowest BCUT2D eigenvalue weighted by Gasteiger charge is -2.41. The molecule has 2 aromatic carbocycles. The lowest BCUT2D eigenvalue weighted by Crippen LogP contribution is -2.59. The number of rotatable bonds is 46. The number of carbonyl (C=O) groups excluding carboxylic acids is 13. The molecule has 14 amide bonds. The number of nitrogens with two attached hydrogens (primary N) is 1. The summed E-state index contributed by atoms with van der Waals surface area (Å²) in [7, 11) is 8.34. The first-order valence-electron chi connectivity index (χ1n) is 40.3. The highest BCUT2D eigenvalue weighted by Crippen LogP contribution is 2.31. The fraction of sp³-hybridized carbons (Fsp3) is 0.667. The molecule has 2 aromatic rings. The van der Waals surface area contributed by atoms with Crippen LogP contribution in [0.2, 0.25) is 0 Å². The number of amides is 14. The van der Waals surface area contributed by atoms with Crippen LogP contribution in [0.3, 0.4) is 0 Å². The highest BCUT2D eigenvalue weighted by atomic mass is 16.6. The summed E-state index contributed by atoms with van der Waals surface area (Å²) in [5.41, 5.74) is 7.12. The fourth-order valence-electron chi connectivity index (χ4n) is 15.3. The smallest absolute Gasteiger partial charge is 0.312 e. The van der Waals surface area contributed by atoms with Gasteiger partial charge in [-0.1, -0.05) is 118 Å². The van der Waals surface area contributed by atoms with Gasteiger partial charge in [-0.15, -0.1) is 0 Å². The summed E-state index contributed by atoms with van der Waals surface area (Å²) in [6.07, 6.45) is -8.39. The van der Waals surface area contributed by atoms with E-state index in [-0.39, 0.29) is 93.8 Å². The number of imide groups is 1. The van der Waals surface area contributed by atoms with Crippen LogP contribution < -0.4 is 53.6 Å². The number of aliphatic hydroxyl groups excluding tert-OH is 4. The zero-order valence-corrected chi connectivity index (χ0v) is 69.4. The second-order valence-electron chi connectivity index (χ2n) is 31.8. The number of nitrogens with zero attached hydrogens (tertiary/aromatic N) is 4. The van der Waals surface area contributed by atoms with Crippen molar-refractivity contribution in [1.29, 1.82) is 0 Å². The molecular formula is C81H126N14O21. The molecule has 116 heavy (non-hydrogen) atoms. The van der Waals surface area contributed by atoms with Crippen molar-refractivity contribution in [2.45, 2.75) is 243 Å². The van der Waals surface area contributed by atoms with Gasteiger partial charge in [0.05, 0.1) is 42.7 Å². The van der Waals surface area contributed by atoms with E-state index in [0.717, 1.165) is 16.0 Å². The number of primary amides is 1. The van der Waals surface area contributed by atoms with Gasteiger partial charge < -0.3 is 103 Å². The number of hydrogen-bond acceptors (Lipinski definition) is 22. The van der Waals surface area contributed by atoms with Crippen molar-refractivity contribution >= 4 is 82.6 Å². The molecule has 0 radical (unpaired) electrons. The molecule has 0 aromatic heterocycles. The molecule has 4 aliphatic heterocycles. The van der Waals surface area contributed by atoms with Gasteiger partial charge in [0.15, 0.2) is 12.2 Å². The molecule has 15 N–H and O–H groups in total. The van der Waals surface area contributed by atoms with Crippen LogP contribution in [0.1, 0.15) is 138 Å². The van der Waals surface area contributed by atoms with E-state index in [0.29, 0.717) is 57.2 Å². The number of nitrogens with one attached hydrogen (secondary N) is 9. The van der Waals surface area contributed by atoms with Crippen molar-refractivity contribution in [2.24, 2.45) is 35.3 Å². The number of benzene rings is 2. The Hall–Kier alpha value is -9.07. The van der Waals surface area contributed by atoms with Gasteiger partial charge in [-0.05, 0) is 106 Å². The SMILES string of the molecule is CC[C@H](C)[C@@H]([C@@H](CC(=O)N1CCC[C@H]1[C@H](OC)[C@@H](C)C(=O)NC(Cc1ccccc1)C(=O)NCCc1ccc(NC(=O)[C@@H](CCCNC(N)=O)NC(=O)C(NC(=O)C2O[C@H](CNC(=O)C3O[C@H](CNC(=O)CCCCCN4C(=O)C=CC4=O)C(O)C3O)C(O)C2O)C(C)C)cc1)OC)N(C)C(=O)C(NC(=O)[C@H](C(C)C)N(C)C)C(C)C. The highest BCUT2D eigenvalue weighted by molar-refractivity contribution is 6.13. The van der Waals surface area contributed by atoms with Crippen LogP contribution in [0.5, 0.6) is 0 Å². The molecular weight excluding hydrogens is 1500 g/mol. The number of aliphatic hydroxyl groups is 4. The summed E-state index contributed by atoms with van der Waals surface area (Å²) < 4.78 is 23.5. The Morgan fingerprint density at radius 2 is 1.22 bits per heavy atom. The summed E-state index contributed by atoms with van der Waals surface area (Å²) in [5, 5.41) is 67.9. The van der Waals surface area contributed by atoms with Crippen LogP contribution >= 0.6 is 0 Å². The van der Waals surface area contributed by atoms with Crippen molar-refractivity contribution in [3.05, 3.63) is 77.9 Å². The Morgan fingerprint density at radius 3 is 1.78 bits per heavy atom. The van der Waals surface area contributed by atoms with Crippen molar-refractivity contribution < 1.29 is 102 Å². The zero-order chi connectivity index (χ0) is 85.9. The average Bonchev–Trinajstić information content (AvgIpc) is 1.58. The Bertz CT molecular complexity index is 3640. The molecule has 3 saturated heterocycles. The van der Waals surface area contributed by atoms with Crippen molar-refractivity contribution in [3.63, 3.8) is 0 Å². The van der Waals surface area contributed by atoms with Crippen LogP contribution in [-0.2, 0) is 89.3 Å². The third-order valence-electron chi connectivity index (χ3n) is 22.0. The standard InChI is InChI=1S/C81H126N14O21/c1-15-47(8)65(93(12)80(111)63(45(4)5)91-77(108)64(46(6)7)92(10)11)55(113-13)41-61(99)94-39-23-27-54(94)70(114-14)48(9)73(104)89-53(40-50-24-18-16-19-25-50)74(105)83-37-35-49-29-31-51(32-30-49)87-75(106)52(26-22-36-84-81(82)112)88-76(107)62(44(2)3)90-79(110)72-69(103)67(101)57(116-72)43-86-78(109)71-68(102)66(100)56(115-71)42-85-58(96)28-20-17-21-38-95-59(97)33-34-60(95)98/h16,18-19,24-25,29-34,44-48,52-57,62-72,100-103H,15,17,20-23,26-28,35-43H2,1-14H3,(H,83,105)(H,85,96)(H,86,109)(H,87,106)(H,88,107)(H,89,104)(H,90,110)(H,91,108)(H3,82,84,112)/t47-,48+,52+,53?,54-,55+,56+,57+,62?,63?,64-,65-,66?,67?,68?,69?,70+,71?,72?/m0/s1. The van der Waals surface area contributed by atoms with Crippen LogP contribution in [0.4, 0.5) is 10.5 Å². The molecule has 9 unspecified atom stereocenters. The van der Waals surface area contributed by atoms with Gasteiger partial charge in [0, 0.05) is 91.2 Å². The molecule has 4 heterocycles. The molecule has 19 atom stereocenters. The monoisotopic (exact) mass is 1630 g/mol. The molecule has 3 fully saturated rings. The van der Waals surface area contributed by atoms with Crippen LogP contribution in [0, 0.1) is 29.6 Å². The maximum Gasteiger partial charge on any atom is 0.312 e. The summed E-state index contributed by atoms with van der Waals surface area (Å²) in [6, 6.07) is 8.95. The number of carbonyl (C=O) groups is 13. The minimum absolute atomic E-state index is 0.0215. The van der Waals surface area contributed by atoms with Gasteiger partial charge in [0.25, 0.3) is 23.6 Å². The Balaban J connectivity index is 1.01. The summed E-state index contributed by atoms with van der Waals surface area (Å²) >= 11 is 0.